The van der Waals surface area contributed by atoms with Crippen LogP contribution in [-0.2, 0) is 6.61 Å². The van der Waals surface area contributed by atoms with Crippen LogP contribution in [0.3, 0.4) is 0 Å². The van der Waals surface area contributed by atoms with Gasteiger partial charge in [0.05, 0.1) is 5.39 Å². The molecule has 0 radical (unpaired) electrons. The molecule has 2 nitrogen and oxygen atoms in total. The molecule has 0 N–H and O–H groups in total. The van der Waals surface area contributed by atoms with Gasteiger partial charge in [0.1, 0.15) is 23.7 Å². The molecule has 0 spiro atoms. The summed E-state index contributed by atoms with van der Waals surface area (Å²) in [6, 6.07) is 15.5. The molecule has 0 atom stereocenters. The topological polar surface area (TPSA) is 22.4 Å². The largest absolute Gasteiger partial charge is 0.488 e. The number of hydrogen-bond donors (Lipinski definition) is 0. The Hall–Kier alpha value is -1.71. The summed E-state index contributed by atoms with van der Waals surface area (Å²) in [5.74, 6) is 1.45. The van der Waals surface area contributed by atoms with Gasteiger partial charge < -0.3 is 9.15 Å². The number of benzene rings is 2. The molecule has 0 saturated carbocycles. The zero-order valence-corrected chi connectivity index (χ0v) is 14.2. The summed E-state index contributed by atoms with van der Waals surface area (Å²) < 4.78 is 11.7. The van der Waals surface area contributed by atoms with Crippen LogP contribution in [-0.4, -0.2) is 5.33 Å². The molecule has 0 fully saturated rings. The fourth-order valence-electron chi connectivity index (χ4n) is 2.17. The number of halogens is 2. The normalized spacial score (nSPS) is 10.8. The van der Waals surface area contributed by atoms with Gasteiger partial charge in [0.25, 0.3) is 0 Å². The minimum absolute atomic E-state index is 0.482. The average molecular weight is 378 g/mol. The highest BCUT2D eigenvalue weighted by Gasteiger charge is 2.12. The van der Waals surface area contributed by atoms with E-state index in [1.807, 2.05) is 42.5 Å². The molecule has 0 aliphatic rings. The van der Waals surface area contributed by atoms with E-state index in [4.69, 9.17) is 20.8 Å². The van der Waals surface area contributed by atoms with Crippen molar-refractivity contribution in [3.05, 3.63) is 71.5 Å². The maximum atomic E-state index is 6.16. The molecule has 0 saturated heterocycles. The third-order valence-corrected chi connectivity index (χ3v) is 4.21. The van der Waals surface area contributed by atoms with Gasteiger partial charge >= 0.3 is 0 Å². The standard InChI is InChI=1S/C18H14BrClO2/c1-12(10-19)16-9-15-17(7-14(20)8-18(15)22-16)21-11-13-5-3-2-4-6-13/h2-9H,1,10-11H2. The second-order valence-electron chi connectivity index (χ2n) is 4.94. The van der Waals surface area contributed by atoms with Crippen molar-refractivity contribution in [2.24, 2.45) is 0 Å². The molecular formula is C18H14BrClO2. The first-order valence-electron chi connectivity index (χ1n) is 6.81. The number of allylic oxidation sites excluding steroid dienone is 1. The van der Waals surface area contributed by atoms with Gasteiger partial charge in [0, 0.05) is 16.4 Å². The van der Waals surface area contributed by atoms with E-state index in [-0.39, 0.29) is 0 Å². The van der Waals surface area contributed by atoms with Gasteiger partial charge in [-0.25, -0.2) is 0 Å². The molecule has 0 bridgehead atoms. The van der Waals surface area contributed by atoms with Crippen LogP contribution in [0.15, 0.2) is 59.5 Å². The minimum Gasteiger partial charge on any atom is -0.488 e. The predicted octanol–water partition coefficient (Wildman–Crippen LogP) is 6.07. The molecule has 3 rings (SSSR count). The molecule has 1 heterocycles. The zero-order valence-electron chi connectivity index (χ0n) is 11.8. The first-order chi connectivity index (χ1) is 10.7. The maximum Gasteiger partial charge on any atom is 0.140 e. The van der Waals surface area contributed by atoms with E-state index in [0.717, 1.165) is 22.3 Å². The van der Waals surface area contributed by atoms with Crippen LogP contribution in [0.1, 0.15) is 11.3 Å². The van der Waals surface area contributed by atoms with Crippen molar-refractivity contribution in [1.29, 1.82) is 0 Å². The number of furan rings is 1. The van der Waals surface area contributed by atoms with Crippen LogP contribution in [0.5, 0.6) is 5.75 Å². The van der Waals surface area contributed by atoms with Crippen molar-refractivity contribution < 1.29 is 9.15 Å². The monoisotopic (exact) mass is 376 g/mol. The summed E-state index contributed by atoms with van der Waals surface area (Å²) in [5, 5.41) is 2.14. The van der Waals surface area contributed by atoms with Gasteiger partial charge in [-0.2, -0.15) is 0 Å². The van der Waals surface area contributed by atoms with Crippen molar-refractivity contribution in [3.63, 3.8) is 0 Å². The Kier molecular flexibility index (Phi) is 4.55. The lowest BCUT2D eigenvalue weighted by molar-refractivity contribution is 0.310. The molecule has 0 aliphatic carbocycles. The van der Waals surface area contributed by atoms with Crippen LogP contribution in [0.4, 0.5) is 0 Å². The van der Waals surface area contributed by atoms with Gasteiger partial charge in [0.15, 0.2) is 0 Å². The van der Waals surface area contributed by atoms with Crippen molar-refractivity contribution in [2.75, 3.05) is 5.33 Å². The van der Waals surface area contributed by atoms with Crippen molar-refractivity contribution in [3.8, 4) is 5.75 Å². The van der Waals surface area contributed by atoms with E-state index in [9.17, 15) is 0 Å². The molecule has 0 aliphatic heterocycles. The Morgan fingerprint density at radius 2 is 1.95 bits per heavy atom. The van der Waals surface area contributed by atoms with Crippen LogP contribution < -0.4 is 4.74 Å². The van der Waals surface area contributed by atoms with E-state index in [0.29, 0.717) is 28.3 Å². The second kappa shape index (κ2) is 6.59. The van der Waals surface area contributed by atoms with Gasteiger partial charge in [-0.3, -0.25) is 0 Å². The van der Waals surface area contributed by atoms with E-state index in [1.54, 1.807) is 6.07 Å². The smallest absolute Gasteiger partial charge is 0.140 e. The SMILES string of the molecule is C=C(CBr)c1cc2c(OCc3ccccc3)cc(Cl)cc2o1. The third kappa shape index (κ3) is 3.21. The zero-order chi connectivity index (χ0) is 15.5. The fraction of sp³-hybridized carbons (Fsp3) is 0.111. The Morgan fingerprint density at radius 1 is 1.18 bits per heavy atom. The molecule has 4 heteroatoms. The Balaban J connectivity index is 1.94. The number of hydrogen-bond acceptors (Lipinski definition) is 2. The first-order valence-corrected chi connectivity index (χ1v) is 8.31. The Bertz CT molecular complexity index is 809. The highest BCUT2D eigenvalue weighted by Crippen LogP contribution is 2.35. The van der Waals surface area contributed by atoms with E-state index in [1.165, 1.54) is 0 Å². The summed E-state index contributed by atoms with van der Waals surface area (Å²) in [4.78, 5) is 0. The van der Waals surface area contributed by atoms with E-state index in [2.05, 4.69) is 22.5 Å². The van der Waals surface area contributed by atoms with Crippen LogP contribution in [0, 0.1) is 0 Å². The molecule has 2 aromatic carbocycles. The first kappa shape index (κ1) is 15.2. The van der Waals surface area contributed by atoms with Crippen molar-refractivity contribution >= 4 is 44.1 Å². The summed E-state index contributed by atoms with van der Waals surface area (Å²) in [6.07, 6.45) is 0. The van der Waals surface area contributed by atoms with Crippen molar-refractivity contribution in [1.82, 2.24) is 0 Å². The summed E-state index contributed by atoms with van der Waals surface area (Å²) in [5.41, 5.74) is 2.68. The average Bonchev–Trinajstić information content (AvgIpc) is 2.96. The van der Waals surface area contributed by atoms with E-state index >= 15 is 0 Å². The molecule has 0 amide bonds. The number of fused-ring (bicyclic) bond motifs is 1. The molecule has 1 aromatic heterocycles. The highest BCUT2D eigenvalue weighted by atomic mass is 79.9. The Morgan fingerprint density at radius 3 is 2.68 bits per heavy atom. The molecule has 22 heavy (non-hydrogen) atoms. The summed E-state index contributed by atoms with van der Waals surface area (Å²) >= 11 is 9.54. The number of ether oxygens (including phenoxy) is 1. The number of alkyl halides is 1. The highest BCUT2D eigenvalue weighted by molar-refractivity contribution is 9.09. The molecule has 0 unspecified atom stereocenters. The molecule has 112 valence electrons. The van der Waals surface area contributed by atoms with Crippen molar-refractivity contribution in [2.45, 2.75) is 6.61 Å². The van der Waals surface area contributed by atoms with Gasteiger partial charge in [-0.15, -0.1) is 0 Å². The van der Waals surface area contributed by atoms with Gasteiger partial charge in [0.2, 0.25) is 0 Å². The number of rotatable bonds is 5. The third-order valence-electron chi connectivity index (χ3n) is 3.31. The lowest BCUT2D eigenvalue weighted by atomic mass is 10.2. The van der Waals surface area contributed by atoms with E-state index < -0.39 is 0 Å². The fourth-order valence-corrected chi connectivity index (χ4v) is 2.64. The Labute approximate surface area is 142 Å². The lowest BCUT2D eigenvalue weighted by Crippen LogP contribution is -1.95. The maximum absolute atomic E-state index is 6.16. The molecule has 3 aromatic rings. The summed E-state index contributed by atoms with van der Waals surface area (Å²) in [7, 11) is 0. The molecular weight excluding hydrogens is 364 g/mol. The predicted molar refractivity (Wildman–Crippen MR) is 94.8 cm³/mol. The van der Waals surface area contributed by atoms with Crippen LogP contribution in [0.2, 0.25) is 5.02 Å². The van der Waals surface area contributed by atoms with Gasteiger partial charge in [-0.05, 0) is 23.3 Å². The lowest BCUT2D eigenvalue weighted by Gasteiger charge is -2.07. The van der Waals surface area contributed by atoms with Crippen LogP contribution in [0.25, 0.3) is 16.5 Å². The summed E-state index contributed by atoms with van der Waals surface area (Å²) in [6.45, 7) is 4.45. The second-order valence-corrected chi connectivity index (χ2v) is 5.94. The van der Waals surface area contributed by atoms with Crippen LogP contribution >= 0.6 is 27.5 Å². The minimum atomic E-state index is 0.482. The van der Waals surface area contributed by atoms with Gasteiger partial charge in [-0.1, -0.05) is 64.4 Å². The quantitative estimate of drug-likeness (QED) is 0.503.